The summed E-state index contributed by atoms with van der Waals surface area (Å²) in [6.45, 7) is 4.74. The van der Waals surface area contributed by atoms with Crippen LogP contribution in [0, 0.1) is 0 Å². The van der Waals surface area contributed by atoms with E-state index in [1.54, 1.807) is 26.8 Å². The third kappa shape index (κ3) is 5.56. The fraction of sp³-hybridized carbons (Fsp3) is 0.316. The fourth-order valence-corrected chi connectivity index (χ4v) is 3.50. The van der Waals surface area contributed by atoms with Crippen molar-refractivity contribution in [1.29, 1.82) is 0 Å². The molecule has 0 aliphatic rings. The van der Waals surface area contributed by atoms with Crippen LogP contribution < -0.4 is 5.32 Å². The van der Waals surface area contributed by atoms with E-state index in [9.17, 15) is 18.0 Å². The number of hydrogen-bond acceptors (Lipinski definition) is 3. The molecular weight excluding hydrogens is 399 g/mol. The first-order chi connectivity index (χ1) is 12.4. The Labute approximate surface area is 165 Å². The standard InChI is InChI=1S/C19H19ClF3NO2S/c1-17(2,3)26-16(25)24-18(19(21,22)23,13-7-5-4-6-8-13)27-15-11-9-14(20)10-12-15/h4-12H,1-3H3,(H,24,25)/t18-/m0/s1. The molecule has 2 aromatic carbocycles. The lowest BCUT2D eigenvalue weighted by Gasteiger charge is -2.36. The first kappa shape index (κ1) is 21.4. The zero-order chi connectivity index (χ0) is 20.3. The van der Waals surface area contributed by atoms with Gasteiger partial charge in [0.25, 0.3) is 0 Å². The maximum atomic E-state index is 14.3. The molecule has 2 aromatic rings. The minimum Gasteiger partial charge on any atom is -0.444 e. The molecule has 0 heterocycles. The van der Waals surface area contributed by atoms with Crippen LogP contribution in [0.15, 0.2) is 59.5 Å². The average molecular weight is 418 g/mol. The summed E-state index contributed by atoms with van der Waals surface area (Å²) in [7, 11) is 0. The van der Waals surface area contributed by atoms with Crippen LogP contribution in [0.5, 0.6) is 0 Å². The van der Waals surface area contributed by atoms with Gasteiger partial charge in [0.05, 0.1) is 0 Å². The molecule has 0 aliphatic heterocycles. The van der Waals surface area contributed by atoms with E-state index in [0.29, 0.717) is 16.8 Å². The maximum Gasteiger partial charge on any atom is 0.425 e. The Morgan fingerprint density at radius 3 is 2.04 bits per heavy atom. The summed E-state index contributed by atoms with van der Waals surface area (Å²) in [5.41, 5.74) is -1.06. The number of carbonyl (C=O) groups excluding carboxylic acids is 1. The molecule has 1 atom stereocenters. The number of thioether (sulfide) groups is 1. The molecule has 2 rings (SSSR count). The lowest BCUT2D eigenvalue weighted by molar-refractivity contribution is -0.169. The number of hydrogen-bond donors (Lipinski definition) is 1. The molecule has 0 fully saturated rings. The molecule has 0 bridgehead atoms. The monoisotopic (exact) mass is 417 g/mol. The molecule has 8 heteroatoms. The molecule has 1 amide bonds. The van der Waals surface area contributed by atoms with Crippen LogP contribution in [-0.2, 0) is 9.61 Å². The van der Waals surface area contributed by atoms with Gasteiger partial charge in [0, 0.05) is 9.92 Å². The maximum absolute atomic E-state index is 14.3. The predicted octanol–water partition coefficient (Wildman–Crippen LogP) is 6.37. The van der Waals surface area contributed by atoms with Crippen molar-refractivity contribution in [3.63, 3.8) is 0 Å². The average Bonchev–Trinajstić information content (AvgIpc) is 2.54. The second-order valence-electron chi connectivity index (χ2n) is 6.73. The Morgan fingerprint density at radius 1 is 1.00 bits per heavy atom. The third-order valence-corrected chi connectivity index (χ3v) is 4.98. The van der Waals surface area contributed by atoms with Gasteiger partial charge in [0.1, 0.15) is 5.60 Å². The SMILES string of the molecule is CC(C)(C)OC(=O)N[C@](Sc1ccc(Cl)cc1)(c1ccccc1)C(F)(F)F. The summed E-state index contributed by atoms with van der Waals surface area (Å²) >= 11 is 6.29. The number of carbonyl (C=O) groups is 1. The van der Waals surface area contributed by atoms with Crippen LogP contribution in [0.25, 0.3) is 0 Å². The van der Waals surface area contributed by atoms with Gasteiger partial charge in [-0.05, 0) is 50.6 Å². The number of halogens is 4. The number of alkyl carbamates (subject to hydrolysis) is 1. The molecule has 1 N–H and O–H groups in total. The number of ether oxygens (including phenoxy) is 1. The van der Waals surface area contributed by atoms with E-state index in [1.807, 2.05) is 0 Å². The lowest BCUT2D eigenvalue weighted by Crippen LogP contribution is -2.54. The third-order valence-electron chi connectivity index (χ3n) is 3.34. The Hall–Kier alpha value is -1.86. The van der Waals surface area contributed by atoms with Crippen molar-refractivity contribution in [2.45, 2.75) is 42.3 Å². The normalized spacial score (nSPS) is 14.3. The number of benzene rings is 2. The molecule has 0 aliphatic carbocycles. The van der Waals surface area contributed by atoms with E-state index in [1.165, 1.54) is 48.5 Å². The predicted molar refractivity (Wildman–Crippen MR) is 101 cm³/mol. The van der Waals surface area contributed by atoms with Gasteiger partial charge < -0.3 is 4.74 Å². The molecule has 0 aromatic heterocycles. The van der Waals surface area contributed by atoms with Crippen molar-refractivity contribution >= 4 is 29.5 Å². The second kappa shape index (κ2) is 8.02. The number of alkyl halides is 3. The number of amides is 1. The first-order valence-corrected chi connectivity index (χ1v) is 9.20. The summed E-state index contributed by atoms with van der Waals surface area (Å²) < 4.78 is 48.0. The van der Waals surface area contributed by atoms with E-state index >= 15 is 0 Å². The highest BCUT2D eigenvalue weighted by Gasteiger charge is 2.58. The van der Waals surface area contributed by atoms with E-state index in [-0.39, 0.29) is 10.5 Å². The zero-order valence-corrected chi connectivity index (χ0v) is 16.5. The van der Waals surface area contributed by atoms with Gasteiger partial charge in [-0.15, -0.1) is 0 Å². The Bertz CT molecular complexity index is 776. The number of nitrogens with one attached hydrogen (secondary N) is 1. The van der Waals surface area contributed by atoms with E-state index in [2.05, 4.69) is 5.32 Å². The molecule has 0 saturated heterocycles. The topological polar surface area (TPSA) is 38.3 Å². The van der Waals surface area contributed by atoms with E-state index in [4.69, 9.17) is 16.3 Å². The minimum atomic E-state index is -4.81. The fourth-order valence-electron chi connectivity index (χ4n) is 2.25. The Morgan fingerprint density at radius 2 is 1.56 bits per heavy atom. The van der Waals surface area contributed by atoms with Crippen LogP contribution in [-0.4, -0.2) is 17.9 Å². The van der Waals surface area contributed by atoms with Crippen LogP contribution in [0.2, 0.25) is 5.02 Å². The van der Waals surface area contributed by atoms with Gasteiger partial charge in [-0.2, -0.15) is 13.2 Å². The van der Waals surface area contributed by atoms with Crippen molar-refractivity contribution < 1.29 is 22.7 Å². The summed E-state index contributed by atoms with van der Waals surface area (Å²) in [5, 5.41) is 2.45. The first-order valence-electron chi connectivity index (χ1n) is 8.01. The quantitative estimate of drug-likeness (QED) is 0.464. The summed E-state index contributed by atoms with van der Waals surface area (Å²) in [5.74, 6) is 0. The van der Waals surface area contributed by atoms with Crippen LogP contribution in [0.4, 0.5) is 18.0 Å². The molecule has 3 nitrogen and oxygen atoms in total. The van der Waals surface area contributed by atoms with Gasteiger partial charge >= 0.3 is 12.3 Å². The van der Waals surface area contributed by atoms with Crippen LogP contribution in [0.1, 0.15) is 26.3 Å². The molecular formula is C19H19ClF3NO2S. The summed E-state index contributed by atoms with van der Waals surface area (Å²) in [6.07, 6.45) is -5.97. The zero-order valence-electron chi connectivity index (χ0n) is 14.9. The van der Waals surface area contributed by atoms with Gasteiger partial charge in [0.2, 0.25) is 4.87 Å². The molecule has 0 radical (unpaired) electrons. The van der Waals surface area contributed by atoms with Gasteiger partial charge in [-0.3, -0.25) is 5.32 Å². The molecule has 146 valence electrons. The number of rotatable bonds is 4. The van der Waals surface area contributed by atoms with E-state index in [0.717, 1.165) is 0 Å². The minimum absolute atomic E-state index is 0.122. The Balaban J connectivity index is 2.53. The smallest absolute Gasteiger partial charge is 0.425 e. The Kier molecular flexibility index (Phi) is 6.37. The summed E-state index contributed by atoms with van der Waals surface area (Å²) in [6, 6.07) is 13.1. The highest BCUT2D eigenvalue weighted by molar-refractivity contribution is 8.00. The van der Waals surface area contributed by atoms with Gasteiger partial charge in [-0.25, -0.2) is 4.79 Å². The highest BCUT2D eigenvalue weighted by atomic mass is 35.5. The molecule has 0 unspecified atom stereocenters. The van der Waals surface area contributed by atoms with Crippen molar-refractivity contribution in [3.05, 3.63) is 65.2 Å². The van der Waals surface area contributed by atoms with Gasteiger partial charge in [-0.1, -0.05) is 53.7 Å². The van der Waals surface area contributed by atoms with E-state index < -0.39 is 22.7 Å². The molecule has 0 spiro atoms. The molecule has 0 saturated carbocycles. The van der Waals surface area contributed by atoms with Crippen molar-refractivity contribution in [1.82, 2.24) is 5.32 Å². The lowest BCUT2D eigenvalue weighted by atomic mass is 10.1. The van der Waals surface area contributed by atoms with Crippen molar-refractivity contribution in [2.24, 2.45) is 0 Å². The second-order valence-corrected chi connectivity index (χ2v) is 8.45. The van der Waals surface area contributed by atoms with Crippen LogP contribution >= 0.6 is 23.4 Å². The van der Waals surface area contributed by atoms with Crippen LogP contribution in [0.3, 0.4) is 0 Å². The molecule has 27 heavy (non-hydrogen) atoms. The van der Waals surface area contributed by atoms with Gasteiger partial charge in [0.15, 0.2) is 0 Å². The summed E-state index contributed by atoms with van der Waals surface area (Å²) in [4.78, 5) is 9.83. The van der Waals surface area contributed by atoms with Crippen molar-refractivity contribution in [2.75, 3.05) is 0 Å². The highest BCUT2D eigenvalue weighted by Crippen LogP contribution is 2.50. The largest absolute Gasteiger partial charge is 0.444 e. The van der Waals surface area contributed by atoms with Crippen molar-refractivity contribution in [3.8, 4) is 0 Å².